The van der Waals surface area contributed by atoms with Crippen LogP contribution in [0.25, 0.3) is 10.2 Å². The second-order valence-electron chi connectivity index (χ2n) is 4.88. The summed E-state index contributed by atoms with van der Waals surface area (Å²) in [5, 5.41) is 0. The molecule has 108 valence electrons. The van der Waals surface area contributed by atoms with E-state index in [1.165, 1.54) is 4.90 Å². The van der Waals surface area contributed by atoms with E-state index in [2.05, 4.69) is 4.98 Å². The maximum Gasteiger partial charge on any atom is 0.262 e. The number of hydrogen-bond acceptors (Lipinski definition) is 5. The Morgan fingerprint density at radius 3 is 2.60 bits per heavy atom. The molecule has 1 unspecified atom stereocenters. The molecule has 20 heavy (non-hydrogen) atoms. The van der Waals surface area contributed by atoms with E-state index in [-0.39, 0.29) is 4.34 Å². The van der Waals surface area contributed by atoms with Crippen LogP contribution in [-0.2, 0) is 9.84 Å². The van der Waals surface area contributed by atoms with Crippen LogP contribution in [0.2, 0.25) is 0 Å². The summed E-state index contributed by atoms with van der Waals surface area (Å²) < 4.78 is 39.7. The average Bonchev–Trinajstić information content (AvgIpc) is 2.92. The van der Waals surface area contributed by atoms with E-state index in [0.717, 1.165) is 35.3 Å². The van der Waals surface area contributed by atoms with Crippen LogP contribution in [0.15, 0.2) is 28.6 Å². The lowest BCUT2D eigenvalue weighted by atomic mass is 10.1. The molecule has 7 heteroatoms. The van der Waals surface area contributed by atoms with Crippen LogP contribution in [0.1, 0.15) is 19.3 Å². The van der Waals surface area contributed by atoms with Crippen molar-refractivity contribution in [2.24, 2.45) is 0 Å². The number of fused-ring (bicyclic) bond motifs is 1. The third-order valence-corrected chi connectivity index (χ3v) is 6.62. The summed E-state index contributed by atoms with van der Waals surface area (Å²) in [5.41, 5.74) is -1.38. The largest absolute Gasteiger partial charge is 0.262 e. The first-order valence-corrected chi connectivity index (χ1v) is 8.93. The predicted molar refractivity (Wildman–Crippen MR) is 77.1 cm³/mol. The number of sulfone groups is 1. The van der Waals surface area contributed by atoms with Gasteiger partial charge in [-0.05, 0) is 25.0 Å². The van der Waals surface area contributed by atoms with Gasteiger partial charge >= 0.3 is 0 Å². The Hall–Kier alpha value is -1.05. The molecule has 0 amide bonds. The summed E-state index contributed by atoms with van der Waals surface area (Å²) in [4.78, 5) is 5.46. The molecular weight excluding hydrogens is 299 g/mol. The number of aromatic nitrogens is 1. The van der Waals surface area contributed by atoms with E-state index in [1.54, 1.807) is 18.2 Å². The number of rotatable bonds is 3. The van der Waals surface area contributed by atoms with E-state index in [9.17, 15) is 12.8 Å². The van der Waals surface area contributed by atoms with Crippen molar-refractivity contribution in [3.05, 3.63) is 24.3 Å². The van der Waals surface area contributed by atoms with Crippen molar-refractivity contribution in [3.8, 4) is 0 Å². The first-order chi connectivity index (χ1) is 9.59. The van der Waals surface area contributed by atoms with Crippen LogP contribution in [0, 0.1) is 0 Å². The van der Waals surface area contributed by atoms with Crippen molar-refractivity contribution < 1.29 is 12.8 Å². The summed E-state index contributed by atoms with van der Waals surface area (Å²) in [6, 6.07) is 7.13. The van der Waals surface area contributed by atoms with Crippen LogP contribution >= 0.6 is 11.3 Å². The predicted octanol–water partition coefficient (Wildman–Crippen LogP) is 2.81. The molecule has 4 nitrogen and oxygen atoms in total. The van der Waals surface area contributed by atoms with Crippen molar-refractivity contribution in [2.75, 3.05) is 13.1 Å². The van der Waals surface area contributed by atoms with E-state index in [0.29, 0.717) is 18.6 Å². The summed E-state index contributed by atoms with van der Waals surface area (Å²) in [7, 11) is -4.03. The minimum atomic E-state index is -4.03. The van der Waals surface area contributed by atoms with Crippen LogP contribution in [0.3, 0.4) is 0 Å². The molecule has 1 fully saturated rings. The Morgan fingerprint density at radius 1 is 1.20 bits per heavy atom. The number of para-hydroxylation sites is 1. The summed E-state index contributed by atoms with van der Waals surface area (Å²) in [5.74, 6) is 0. The van der Waals surface area contributed by atoms with Crippen LogP contribution in [0.5, 0.6) is 0 Å². The first kappa shape index (κ1) is 13.9. The van der Waals surface area contributed by atoms with Crippen molar-refractivity contribution in [3.63, 3.8) is 0 Å². The van der Waals surface area contributed by atoms with E-state index >= 15 is 0 Å². The molecule has 0 saturated carbocycles. The van der Waals surface area contributed by atoms with Crippen molar-refractivity contribution in [2.45, 2.75) is 29.2 Å². The average molecular weight is 314 g/mol. The highest BCUT2D eigenvalue weighted by Crippen LogP contribution is 2.29. The van der Waals surface area contributed by atoms with Gasteiger partial charge in [0.15, 0.2) is 0 Å². The van der Waals surface area contributed by atoms with Gasteiger partial charge in [0, 0.05) is 13.1 Å². The maximum atomic E-state index is 14.4. The summed E-state index contributed by atoms with van der Waals surface area (Å²) in [6.45, 7) is 0.983. The fourth-order valence-electron chi connectivity index (χ4n) is 2.37. The number of benzene rings is 1. The molecule has 1 saturated heterocycles. The third-order valence-electron chi connectivity index (χ3n) is 3.45. The Labute approximate surface area is 121 Å². The molecule has 3 rings (SSSR count). The minimum Gasteiger partial charge on any atom is -0.261 e. The number of halogens is 1. The number of hydrogen-bond donors (Lipinski definition) is 0. The highest BCUT2D eigenvalue weighted by atomic mass is 32.2. The quantitative estimate of drug-likeness (QED) is 0.818. The van der Waals surface area contributed by atoms with Gasteiger partial charge in [-0.2, -0.15) is 0 Å². The van der Waals surface area contributed by atoms with Gasteiger partial charge in [-0.1, -0.05) is 18.6 Å². The maximum absolute atomic E-state index is 14.4. The van der Waals surface area contributed by atoms with Gasteiger partial charge in [0.05, 0.1) is 10.2 Å². The zero-order valence-corrected chi connectivity index (χ0v) is 12.5. The molecule has 2 aromatic rings. The van der Waals surface area contributed by atoms with Gasteiger partial charge in [0.2, 0.25) is 4.34 Å². The Balaban J connectivity index is 1.93. The number of alkyl halides is 1. The molecule has 1 aromatic carbocycles. The van der Waals surface area contributed by atoms with Crippen molar-refractivity contribution in [1.82, 2.24) is 9.88 Å². The number of piperidine rings is 1. The van der Waals surface area contributed by atoms with E-state index in [4.69, 9.17) is 0 Å². The number of likely N-dealkylation sites (tertiary alicyclic amines) is 1. The lowest BCUT2D eigenvalue weighted by Gasteiger charge is -2.28. The van der Waals surface area contributed by atoms with Gasteiger partial charge < -0.3 is 0 Å². The standard InChI is InChI=1S/C13H15FN2O2S2/c14-12(16-8-4-1-5-9-16)20(17,18)13-15-10-6-2-3-7-11(10)19-13/h2-3,6-7,12H,1,4-5,8-9H2. The van der Waals surface area contributed by atoms with E-state index in [1.807, 2.05) is 6.07 Å². The SMILES string of the molecule is O=S(=O)(c1nc2ccccc2s1)C(F)N1CCCCC1. The Bertz CT molecular complexity index is 675. The second kappa shape index (κ2) is 5.38. The highest BCUT2D eigenvalue weighted by molar-refractivity contribution is 7.93. The summed E-state index contributed by atoms with van der Waals surface area (Å²) >= 11 is 1.03. The zero-order valence-electron chi connectivity index (χ0n) is 10.8. The number of thiazole rings is 1. The lowest BCUT2D eigenvalue weighted by molar-refractivity contribution is 0.122. The Morgan fingerprint density at radius 2 is 1.90 bits per heavy atom. The first-order valence-electron chi connectivity index (χ1n) is 6.56. The molecular formula is C13H15FN2O2S2. The second-order valence-corrected chi connectivity index (χ2v) is 8.04. The third kappa shape index (κ3) is 2.45. The Kier molecular flexibility index (Phi) is 3.74. The topological polar surface area (TPSA) is 50.3 Å². The molecule has 0 N–H and O–H groups in total. The molecule has 0 spiro atoms. The van der Waals surface area contributed by atoms with Gasteiger partial charge in [0.1, 0.15) is 0 Å². The monoisotopic (exact) mass is 314 g/mol. The molecule has 1 aliphatic rings. The van der Waals surface area contributed by atoms with Gasteiger partial charge in [-0.3, -0.25) is 4.90 Å². The molecule has 1 aromatic heterocycles. The lowest BCUT2D eigenvalue weighted by Crippen LogP contribution is -2.41. The molecule has 0 aliphatic carbocycles. The van der Waals surface area contributed by atoms with Crippen molar-refractivity contribution >= 4 is 31.4 Å². The van der Waals surface area contributed by atoms with Gasteiger partial charge in [-0.25, -0.2) is 17.8 Å². The van der Waals surface area contributed by atoms with Crippen LogP contribution in [-0.4, -0.2) is 37.0 Å². The van der Waals surface area contributed by atoms with Crippen LogP contribution in [0.4, 0.5) is 4.39 Å². The highest BCUT2D eigenvalue weighted by Gasteiger charge is 2.35. The van der Waals surface area contributed by atoms with Crippen molar-refractivity contribution in [1.29, 1.82) is 0 Å². The number of nitrogens with zero attached hydrogens (tertiary/aromatic N) is 2. The smallest absolute Gasteiger partial charge is 0.261 e. The van der Waals surface area contributed by atoms with E-state index < -0.39 is 15.5 Å². The molecule has 1 atom stereocenters. The normalized spacial score (nSPS) is 19.2. The molecule has 0 bridgehead atoms. The molecule has 2 heterocycles. The van der Waals surface area contributed by atoms with Crippen LogP contribution < -0.4 is 0 Å². The molecule has 0 radical (unpaired) electrons. The minimum absolute atomic E-state index is 0.128. The van der Waals surface area contributed by atoms with Gasteiger partial charge in [-0.15, -0.1) is 11.3 Å². The fraction of sp³-hybridized carbons (Fsp3) is 0.462. The zero-order chi connectivity index (χ0) is 14.2. The van der Waals surface area contributed by atoms with Gasteiger partial charge in [0.25, 0.3) is 15.5 Å². The fourth-order valence-corrected chi connectivity index (χ4v) is 5.04. The summed E-state index contributed by atoms with van der Waals surface area (Å²) in [6.07, 6.45) is 2.72. The molecule has 1 aliphatic heterocycles.